The van der Waals surface area contributed by atoms with Gasteiger partial charge in [0, 0.05) is 19.3 Å². The van der Waals surface area contributed by atoms with E-state index in [4.69, 9.17) is 14.2 Å². The maximum atomic E-state index is 12.7. The van der Waals surface area contributed by atoms with Gasteiger partial charge in [0.05, 0.1) is 0 Å². The molecule has 0 heterocycles. The lowest BCUT2D eigenvalue weighted by Crippen LogP contribution is -2.30. The summed E-state index contributed by atoms with van der Waals surface area (Å²) in [5.74, 6) is -0.857. The van der Waals surface area contributed by atoms with Gasteiger partial charge in [0.25, 0.3) is 0 Å². The molecule has 0 aliphatic heterocycles. The summed E-state index contributed by atoms with van der Waals surface area (Å²) in [6.45, 7) is 6.61. The number of rotatable bonds is 42. The van der Waals surface area contributed by atoms with Crippen molar-refractivity contribution >= 4 is 17.9 Å². The van der Waals surface area contributed by atoms with Crippen molar-refractivity contribution in [2.45, 2.75) is 264 Å². The number of carbonyl (C=O) groups excluding carboxylic acids is 3. The second-order valence-electron chi connectivity index (χ2n) is 15.7. The first-order chi connectivity index (χ1) is 25.5. The van der Waals surface area contributed by atoms with Gasteiger partial charge in [0.1, 0.15) is 13.2 Å². The van der Waals surface area contributed by atoms with E-state index in [0.29, 0.717) is 19.3 Å². The van der Waals surface area contributed by atoms with Crippen molar-refractivity contribution in [1.82, 2.24) is 0 Å². The molecular formula is C46H88O6. The summed E-state index contributed by atoms with van der Waals surface area (Å²) >= 11 is 0. The van der Waals surface area contributed by atoms with Gasteiger partial charge in [0.15, 0.2) is 6.10 Å². The lowest BCUT2D eigenvalue weighted by Gasteiger charge is -2.18. The third kappa shape index (κ3) is 39.6. The number of ether oxygens (including phenoxy) is 3. The quantitative estimate of drug-likeness (QED) is 0.0353. The van der Waals surface area contributed by atoms with Crippen molar-refractivity contribution < 1.29 is 28.6 Å². The summed E-state index contributed by atoms with van der Waals surface area (Å²) in [5, 5.41) is 0. The molecule has 0 rings (SSSR count). The Morgan fingerprint density at radius 2 is 0.519 bits per heavy atom. The number of hydrogen-bond donors (Lipinski definition) is 0. The Kier molecular flexibility index (Phi) is 40.9. The predicted octanol–water partition coefficient (Wildman–Crippen LogP) is 14.5. The zero-order valence-electron chi connectivity index (χ0n) is 35.1. The Labute approximate surface area is 323 Å². The molecule has 0 saturated heterocycles. The van der Waals surface area contributed by atoms with E-state index in [-0.39, 0.29) is 31.1 Å². The zero-order valence-corrected chi connectivity index (χ0v) is 35.1. The van der Waals surface area contributed by atoms with Gasteiger partial charge in [-0.15, -0.1) is 0 Å². The number of esters is 3. The zero-order chi connectivity index (χ0) is 38.0. The molecule has 6 heteroatoms. The minimum absolute atomic E-state index is 0.0630. The Bertz CT molecular complexity index is 768. The summed E-state index contributed by atoms with van der Waals surface area (Å²) in [6, 6.07) is 0. The van der Waals surface area contributed by atoms with Crippen LogP contribution in [0, 0.1) is 0 Å². The molecule has 6 nitrogen and oxygen atoms in total. The summed E-state index contributed by atoms with van der Waals surface area (Å²) in [5.41, 5.74) is 0. The molecule has 0 amide bonds. The van der Waals surface area contributed by atoms with E-state index < -0.39 is 6.10 Å². The van der Waals surface area contributed by atoms with Crippen molar-refractivity contribution in [2.75, 3.05) is 13.2 Å². The molecular weight excluding hydrogens is 648 g/mol. The smallest absolute Gasteiger partial charge is 0.306 e. The first-order valence-corrected chi connectivity index (χ1v) is 23.0. The molecule has 0 bridgehead atoms. The molecule has 52 heavy (non-hydrogen) atoms. The van der Waals surface area contributed by atoms with Crippen molar-refractivity contribution in [1.29, 1.82) is 0 Å². The normalized spacial score (nSPS) is 11.8. The summed E-state index contributed by atoms with van der Waals surface area (Å²) < 4.78 is 16.7. The number of carbonyl (C=O) groups is 3. The molecule has 1 atom stereocenters. The van der Waals surface area contributed by atoms with Gasteiger partial charge < -0.3 is 14.2 Å². The average Bonchev–Trinajstić information content (AvgIpc) is 3.14. The monoisotopic (exact) mass is 737 g/mol. The molecule has 0 aromatic carbocycles. The molecule has 0 unspecified atom stereocenters. The Morgan fingerprint density at radius 1 is 0.308 bits per heavy atom. The van der Waals surface area contributed by atoms with Crippen LogP contribution in [0.2, 0.25) is 0 Å². The largest absolute Gasteiger partial charge is 0.462 e. The molecule has 0 N–H and O–H groups in total. The van der Waals surface area contributed by atoms with Crippen LogP contribution in [0.5, 0.6) is 0 Å². The molecule has 308 valence electrons. The minimum Gasteiger partial charge on any atom is -0.462 e. The van der Waals surface area contributed by atoms with Gasteiger partial charge in [0.2, 0.25) is 0 Å². The van der Waals surface area contributed by atoms with Crippen molar-refractivity contribution in [3.8, 4) is 0 Å². The molecule has 0 aromatic rings. The highest BCUT2D eigenvalue weighted by molar-refractivity contribution is 5.71. The predicted molar refractivity (Wildman–Crippen MR) is 220 cm³/mol. The van der Waals surface area contributed by atoms with Crippen LogP contribution in [0.4, 0.5) is 0 Å². The third-order valence-corrected chi connectivity index (χ3v) is 10.4. The molecule has 0 aliphatic rings. The molecule has 0 aromatic heterocycles. The topological polar surface area (TPSA) is 78.9 Å². The van der Waals surface area contributed by atoms with Crippen LogP contribution in [0.3, 0.4) is 0 Å². The highest BCUT2D eigenvalue weighted by Crippen LogP contribution is 2.16. The van der Waals surface area contributed by atoms with E-state index in [1.807, 2.05) is 0 Å². The molecule has 0 fully saturated rings. The Hall–Kier alpha value is -1.59. The standard InChI is InChI=1S/C46H88O6/c1-4-7-10-13-16-18-20-22-23-24-26-27-30-33-36-39-45(48)51-42-43(41-50-44(47)38-35-32-29-15-12-9-6-3)52-46(49)40-37-34-31-28-25-21-19-17-14-11-8-5-2/h43H,4-42H2,1-3H3/t43-/m0/s1. The first kappa shape index (κ1) is 50.4. The van der Waals surface area contributed by atoms with Gasteiger partial charge in [-0.3, -0.25) is 14.4 Å². The Balaban J connectivity index is 4.24. The second-order valence-corrected chi connectivity index (χ2v) is 15.7. The fourth-order valence-electron chi connectivity index (χ4n) is 6.85. The van der Waals surface area contributed by atoms with E-state index in [1.54, 1.807) is 0 Å². The third-order valence-electron chi connectivity index (χ3n) is 10.4. The van der Waals surface area contributed by atoms with Crippen molar-refractivity contribution in [3.63, 3.8) is 0 Å². The molecule has 0 spiro atoms. The van der Waals surface area contributed by atoms with E-state index in [9.17, 15) is 14.4 Å². The van der Waals surface area contributed by atoms with E-state index >= 15 is 0 Å². The second kappa shape index (κ2) is 42.2. The summed E-state index contributed by atoms with van der Waals surface area (Å²) in [7, 11) is 0. The van der Waals surface area contributed by atoms with Crippen LogP contribution in [0.1, 0.15) is 258 Å². The van der Waals surface area contributed by atoms with Gasteiger partial charge >= 0.3 is 17.9 Å². The fraction of sp³-hybridized carbons (Fsp3) is 0.935. The van der Waals surface area contributed by atoms with Crippen LogP contribution in [-0.2, 0) is 28.6 Å². The van der Waals surface area contributed by atoms with Crippen LogP contribution in [-0.4, -0.2) is 37.2 Å². The van der Waals surface area contributed by atoms with E-state index in [0.717, 1.165) is 57.8 Å². The van der Waals surface area contributed by atoms with Crippen LogP contribution >= 0.6 is 0 Å². The van der Waals surface area contributed by atoms with Gasteiger partial charge in [-0.05, 0) is 19.3 Å². The van der Waals surface area contributed by atoms with Crippen molar-refractivity contribution in [3.05, 3.63) is 0 Å². The van der Waals surface area contributed by atoms with Gasteiger partial charge in [-0.2, -0.15) is 0 Å². The van der Waals surface area contributed by atoms with E-state index in [2.05, 4.69) is 20.8 Å². The molecule has 0 saturated carbocycles. The van der Waals surface area contributed by atoms with Crippen LogP contribution in [0.15, 0.2) is 0 Å². The maximum absolute atomic E-state index is 12.7. The summed E-state index contributed by atoms with van der Waals surface area (Å²) in [4.78, 5) is 37.6. The van der Waals surface area contributed by atoms with Crippen LogP contribution < -0.4 is 0 Å². The minimum atomic E-state index is -0.757. The fourth-order valence-corrected chi connectivity index (χ4v) is 6.85. The summed E-state index contributed by atoms with van der Waals surface area (Å²) in [6.07, 6.45) is 42.3. The van der Waals surface area contributed by atoms with Crippen LogP contribution in [0.25, 0.3) is 0 Å². The van der Waals surface area contributed by atoms with Gasteiger partial charge in [-0.1, -0.05) is 220 Å². The number of unbranched alkanes of at least 4 members (excludes halogenated alkanes) is 31. The van der Waals surface area contributed by atoms with Gasteiger partial charge in [-0.25, -0.2) is 0 Å². The molecule has 0 aliphatic carbocycles. The lowest BCUT2D eigenvalue weighted by atomic mass is 10.0. The molecule has 0 radical (unpaired) electrons. The highest BCUT2D eigenvalue weighted by atomic mass is 16.6. The first-order valence-electron chi connectivity index (χ1n) is 23.0. The highest BCUT2D eigenvalue weighted by Gasteiger charge is 2.19. The average molecular weight is 737 g/mol. The Morgan fingerprint density at radius 3 is 0.769 bits per heavy atom. The number of hydrogen-bond acceptors (Lipinski definition) is 6. The lowest BCUT2D eigenvalue weighted by molar-refractivity contribution is -0.167. The maximum Gasteiger partial charge on any atom is 0.306 e. The SMILES string of the molecule is CCCCCCCCCCCCCCCCCC(=O)OC[C@H](COC(=O)CCCCCCCCC)OC(=O)CCCCCCCCCCCCCC. The van der Waals surface area contributed by atoms with Crippen molar-refractivity contribution in [2.24, 2.45) is 0 Å². The van der Waals surface area contributed by atoms with E-state index in [1.165, 1.54) is 161 Å².